The number of hydrogen-bond acceptors (Lipinski definition) is 2. The van der Waals surface area contributed by atoms with E-state index in [1.807, 2.05) is 20.8 Å². The van der Waals surface area contributed by atoms with Gasteiger partial charge < -0.3 is 5.73 Å². The Morgan fingerprint density at radius 1 is 1.50 bits per heavy atom. The van der Waals surface area contributed by atoms with Crippen molar-refractivity contribution in [1.29, 1.82) is 0 Å². The highest BCUT2D eigenvalue weighted by molar-refractivity contribution is 7.85. The Hall–Kier alpha value is 0.110. The molecule has 0 aliphatic rings. The molecule has 0 saturated carbocycles. The highest BCUT2D eigenvalue weighted by atomic mass is 32.2. The molecule has 0 aliphatic heterocycles. The lowest BCUT2D eigenvalue weighted by molar-refractivity contribution is 0.611. The smallest absolute Gasteiger partial charge is 0.0470 e. The van der Waals surface area contributed by atoms with Crippen LogP contribution in [-0.4, -0.2) is 21.3 Å². The summed E-state index contributed by atoms with van der Waals surface area (Å²) < 4.78 is 11.1. The minimum absolute atomic E-state index is 0.0979. The molecule has 0 fully saturated rings. The second-order valence-corrected chi connectivity index (χ2v) is 4.53. The summed E-state index contributed by atoms with van der Waals surface area (Å²) in [5, 5.41) is 0.148. The first kappa shape index (κ1) is 10.1. The van der Waals surface area contributed by atoms with Gasteiger partial charge in [-0.15, -0.1) is 0 Å². The van der Waals surface area contributed by atoms with Crippen LogP contribution in [0.2, 0.25) is 0 Å². The van der Waals surface area contributed by atoms with Gasteiger partial charge in [-0.3, -0.25) is 4.21 Å². The van der Waals surface area contributed by atoms with Crippen LogP contribution in [-0.2, 0) is 10.8 Å². The average Bonchev–Trinajstić information content (AvgIpc) is 2.00. The molecule has 62 valence electrons. The fraction of sp³-hybridized carbons (Fsp3) is 1.00. The fourth-order valence-corrected chi connectivity index (χ4v) is 1.90. The summed E-state index contributed by atoms with van der Waals surface area (Å²) in [7, 11) is -0.727. The van der Waals surface area contributed by atoms with Gasteiger partial charge in [0, 0.05) is 27.8 Å². The van der Waals surface area contributed by atoms with Gasteiger partial charge >= 0.3 is 0 Å². The summed E-state index contributed by atoms with van der Waals surface area (Å²) in [6.45, 7) is 5.90. The topological polar surface area (TPSA) is 43.1 Å². The van der Waals surface area contributed by atoms with Crippen LogP contribution in [0.5, 0.6) is 0 Å². The van der Waals surface area contributed by atoms with Gasteiger partial charge in [0.05, 0.1) is 0 Å². The molecule has 2 N–H and O–H groups in total. The summed E-state index contributed by atoms with van der Waals surface area (Å²) in [4.78, 5) is 0. The van der Waals surface area contributed by atoms with E-state index in [1.54, 1.807) is 0 Å². The van der Waals surface area contributed by atoms with E-state index in [4.69, 9.17) is 5.73 Å². The summed E-state index contributed by atoms with van der Waals surface area (Å²) >= 11 is 0. The van der Waals surface area contributed by atoms with Crippen LogP contribution in [0.15, 0.2) is 0 Å². The first-order valence-corrected chi connectivity index (χ1v) is 5.14. The zero-order chi connectivity index (χ0) is 8.15. The molecule has 3 heteroatoms. The molecule has 2 nitrogen and oxygen atoms in total. The standard InChI is InChI=1S/C7H17NOS/c1-4-7(8)6(3)10(9)5-2/h6-7H,4-5,8H2,1-3H3. The molecular weight excluding hydrogens is 146 g/mol. The maximum absolute atomic E-state index is 11.1. The summed E-state index contributed by atoms with van der Waals surface area (Å²) in [5.41, 5.74) is 5.70. The third kappa shape index (κ3) is 2.80. The van der Waals surface area contributed by atoms with Crippen LogP contribution in [0.4, 0.5) is 0 Å². The van der Waals surface area contributed by atoms with Gasteiger partial charge in [-0.2, -0.15) is 0 Å². The van der Waals surface area contributed by atoms with Gasteiger partial charge in [0.1, 0.15) is 0 Å². The van der Waals surface area contributed by atoms with Crippen LogP contribution in [0.3, 0.4) is 0 Å². The average molecular weight is 163 g/mol. The molecule has 0 heterocycles. The van der Waals surface area contributed by atoms with Crippen molar-refractivity contribution in [2.75, 3.05) is 5.75 Å². The molecule has 0 saturated heterocycles. The van der Waals surface area contributed by atoms with Gasteiger partial charge in [-0.1, -0.05) is 13.8 Å². The van der Waals surface area contributed by atoms with Gasteiger partial charge in [0.15, 0.2) is 0 Å². The van der Waals surface area contributed by atoms with Crippen molar-refractivity contribution in [2.24, 2.45) is 5.73 Å². The van der Waals surface area contributed by atoms with E-state index in [-0.39, 0.29) is 11.3 Å². The molecular formula is C7H17NOS. The monoisotopic (exact) mass is 163 g/mol. The van der Waals surface area contributed by atoms with E-state index in [2.05, 4.69) is 0 Å². The maximum Gasteiger partial charge on any atom is 0.0470 e. The van der Waals surface area contributed by atoms with Gasteiger partial charge in [0.2, 0.25) is 0 Å². The first-order valence-electron chi connectivity index (χ1n) is 3.76. The van der Waals surface area contributed by atoms with Crippen molar-refractivity contribution in [3.63, 3.8) is 0 Å². The summed E-state index contributed by atoms with van der Waals surface area (Å²) in [6.07, 6.45) is 0.910. The second kappa shape index (κ2) is 4.85. The molecule has 3 atom stereocenters. The molecule has 10 heavy (non-hydrogen) atoms. The van der Waals surface area contributed by atoms with E-state index in [9.17, 15) is 4.21 Å². The molecule has 0 radical (unpaired) electrons. The molecule has 0 spiro atoms. The highest BCUT2D eigenvalue weighted by Gasteiger charge is 2.15. The van der Waals surface area contributed by atoms with Crippen LogP contribution in [0, 0.1) is 0 Å². The van der Waals surface area contributed by atoms with E-state index in [0.29, 0.717) is 0 Å². The lowest BCUT2D eigenvalue weighted by Gasteiger charge is -2.16. The van der Waals surface area contributed by atoms with Gasteiger partial charge in [-0.05, 0) is 13.3 Å². The maximum atomic E-state index is 11.1. The third-order valence-corrected chi connectivity index (χ3v) is 3.52. The fourth-order valence-electron chi connectivity index (χ4n) is 0.790. The molecule has 0 aromatic heterocycles. The normalized spacial score (nSPS) is 20.0. The van der Waals surface area contributed by atoms with Crippen LogP contribution >= 0.6 is 0 Å². The zero-order valence-electron chi connectivity index (χ0n) is 6.96. The van der Waals surface area contributed by atoms with E-state index in [0.717, 1.165) is 12.2 Å². The minimum atomic E-state index is -0.727. The zero-order valence-corrected chi connectivity index (χ0v) is 7.78. The van der Waals surface area contributed by atoms with Crippen molar-refractivity contribution >= 4 is 10.8 Å². The van der Waals surface area contributed by atoms with Crippen LogP contribution < -0.4 is 5.73 Å². The molecule has 0 amide bonds. The Balaban J connectivity index is 3.81. The van der Waals surface area contributed by atoms with Crippen molar-refractivity contribution in [1.82, 2.24) is 0 Å². The number of rotatable bonds is 4. The molecule has 0 bridgehead atoms. The van der Waals surface area contributed by atoms with E-state index < -0.39 is 10.8 Å². The minimum Gasteiger partial charge on any atom is -0.327 e. The largest absolute Gasteiger partial charge is 0.327 e. The Labute approximate surface area is 65.6 Å². The van der Waals surface area contributed by atoms with E-state index in [1.165, 1.54) is 0 Å². The molecule has 0 rings (SSSR count). The molecule has 3 unspecified atom stereocenters. The Kier molecular flexibility index (Phi) is 4.91. The highest BCUT2D eigenvalue weighted by Crippen LogP contribution is 2.02. The molecule has 0 aromatic rings. The predicted molar refractivity (Wildman–Crippen MR) is 46.4 cm³/mol. The second-order valence-electron chi connectivity index (χ2n) is 2.45. The Morgan fingerprint density at radius 2 is 2.00 bits per heavy atom. The number of hydrogen-bond donors (Lipinski definition) is 1. The third-order valence-electron chi connectivity index (χ3n) is 1.77. The van der Waals surface area contributed by atoms with Crippen LogP contribution in [0.1, 0.15) is 27.2 Å². The quantitative estimate of drug-likeness (QED) is 0.668. The summed E-state index contributed by atoms with van der Waals surface area (Å²) in [6, 6.07) is 0.0979. The Morgan fingerprint density at radius 3 is 2.30 bits per heavy atom. The molecule has 0 aliphatic carbocycles. The van der Waals surface area contributed by atoms with Crippen LogP contribution in [0.25, 0.3) is 0 Å². The molecule has 0 aromatic carbocycles. The Bertz CT molecular complexity index is 116. The first-order chi connectivity index (χ1) is 4.63. The van der Waals surface area contributed by atoms with Crippen molar-refractivity contribution in [3.05, 3.63) is 0 Å². The lowest BCUT2D eigenvalue weighted by Crippen LogP contribution is -2.35. The van der Waals surface area contributed by atoms with Gasteiger partial charge in [0.25, 0.3) is 0 Å². The SMILES string of the molecule is CCC(N)C(C)S(=O)CC. The van der Waals surface area contributed by atoms with Crippen molar-refractivity contribution in [2.45, 2.75) is 38.5 Å². The number of nitrogens with two attached hydrogens (primary N) is 1. The predicted octanol–water partition coefficient (Wildman–Crippen LogP) is 0.881. The summed E-state index contributed by atoms with van der Waals surface area (Å²) in [5.74, 6) is 0.717. The van der Waals surface area contributed by atoms with E-state index >= 15 is 0 Å². The van der Waals surface area contributed by atoms with Gasteiger partial charge in [-0.25, -0.2) is 0 Å². The van der Waals surface area contributed by atoms with Crippen molar-refractivity contribution < 1.29 is 4.21 Å². The van der Waals surface area contributed by atoms with Crippen molar-refractivity contribution in [3.8, 4) is 0 Å². The lowest BCUT2D eigenvalue weighted by atomic mass is 10.2.